The maximum atomic E-state index is 12.3. The summed E-state index contributed by atoms with van der Waals surface area (Å²) in [5, 5.41) is 18.9. The van der Waals surface area contributed by atoms with Crippen molar-refractivity contribution in [2.75, 3.05) is 6.61 Å². The van der Waals surface area contributed by atoms with E-state index in [0.29, 0.717) is 16.7 Å². The van der Waals surface area contributed by atoms with Crippen molar-refractivity contribution in [3.05, 3.63) is 52.0 Å². The van der Waals surface area contributed by atoms with Gasteiger partial charge in [0, 0.05) is 9.86 Å². The molecule has 1 heterocycles. The second kappa shape index (κ2) is 9.14. The second-order valence-electron chi connectivity index (χ2n) is 7.20. The van der Waals surface area contributed by atoms with Crippen LogP contribution in [0.1, 0.15) is 30.9 Å². The number of benzene rings is 2. The number of carbonyl (C=O) groups excluding carboxylic acids is 1. The zero-order valence-corrected chi connectivity index (χ0v) is 18.6. The van der Waals surface area contributed by atoms with Crippen molar-refractivity contribution in [2.24, 2.45) is 10.2 Å². The highest BCUT2D eigenvalue weighted by Gasteiger charge is 2.17. The van der Waals surface area contributed by atoms with Gasteiger partial charge in [0.25, 0.3) is 0 Å². The molecule has 0 fully saturated rings. The van der Waals surface area contributed by atoms with Gasteiger partial charge in [-0.25, -0.2) is 0 Å². The molecule has 0 radical (unpaired) electrons. The summed E-state index contributed by atoms with van der Waals surface area (Å²) < 4.78 is 8.05. The van der Waals surface area contributed by atoms with Crippen LogP contribution in [0.25, 0.3) is 10.9 Å². The SMILES string of the molecule is C#CCn1c(O)c(N=NC(=O)COc2cc(C)ccc2C(C)C)c2cc(Br)ccc21. The molecule has 30 heavy (non-hydrogen) atoms. The zero-order chi connectivity index (χ0) is 21.8. The number of fused-ring (bicyclic) bond motifs is 1. The van der Waals surface area contributed by atoms with Crippen LogP contribution >= 0.6 is 15.9 Å². The van der Waals surface area contributed by atoms with Gasteiger partial charge in [-0.15, -0.1) is 16.7 Å². The van der Waals surface area contributed by atoms with Gasteiger partial charge >= 0.3 is 5.91 Å². The number of aryl methyl sites for hydroxylation is 1. The molecule has 0 aliphatic heterocycles. The first-order chi connectivity index (χ1) is 14.3. The Bertz CT molecular complexity index is 1170. The molecule has 0 saturated carbocycles. The number of nitrogens with zero attached hydrogens (tertiary/aromatic N) is 3. The van der Waals surface area contributed by atoms with E-state index in [1.807, 2.05) is 37.3 Å². The monoisotopic (exact) mass is 467 g/mol. The standard InChI is InChI=1S/C23H22BrN3O3/c1-5-10-27-19-9-7-16(24)12-18(19)22(23(27)29)26-25-21(28)13-30-20-11-15(4)6-8-17(20)14(2)3/h1,6-9,11-12,14,29H,10,13H2,2-4H3. The van der Waals surface area contributed by atoms with Crippen molar-refractivity contribution in [1.82, 2.24) is 4.57 Å². The lowest BCUT2D eigenvalue weighted by Gasteiger charge is -2.13. The number of azo groups is 1. The van der Waals surface area contributed by atoms with Crippen LogP contribution in [0.15, 0.2) is 51.1 Å². The average molecular weight is 468 g/mol. The minimum absolute atomic E-state index is 0.140. The Morgan fingerprint density at radius 2 is 2.07 bits per heavy atom. The molecule has 7 heteroatoms. The highest BCUT2D eigenvalue weighted by molar-refractivity contribution is 9.10. The molecule has 1 amide bonds. The van der Waals surface area contributed by atoms with E-state index in [-0.39, 0.29) is 30.6 Å². The first kappa shape index (κ1) is 21.6. The lowest BCUT2D eigenvalue weighted by molar-refractivity contribution is -0.120. The van der Waals surface area contributed by atoms with Crippen LogP contribution in [0.4, 0.5) is 5.69 Å². The fraction of sp³-hybridized carbons (Fsp3) is 0.261. The van der Waals surface area contributed by atoms with Crippen LogP contribution in [0.2, 0.25) is 0 Å². The van der Waals surface area contributed by atoms with Crippen molar-refractivity contribution < 1.29 is 14.6 Å². The summed E-state index contributed by atoms with van der Waals surface area (Å²) in [5.74, 6) is 2.72. The molecule has 0 spiro atoms. The number of hydrogen-bond acceptors (Lipinski definition) is 4. The molecule has 0 atom stereocenters. The summed E-state index contributed by atoms with van der Waals surface area (Å²) >= 11 is 3.40. The van der Waals surface area contributed by atoms with Crippen LogP contribution in [0.3, 0.4) is 0 Å². The van der Waals surface area contributed by atoms with E-state index in [1.165, 1.54) is 0 Å². The molecule has 0 bridgehead atoms. The molecule has 0 saturated heterocycles. The van der Waals surface area contributed by atoms with Crippen molar-refractivity contribution in [3.63, 3.8) is 0 Å². The van der Waals surface area contributed by atoms with Gasteiger partial charge in [0.05, 0.1) is 12.1 Å². The number of ether oxygens (including phenoxy) is 1. The Kier molecular flexibility index (Phi) is 6.58. The number of terminal acetylenes is 1. The lowest BCUT2D eigenvalue weighted by Crippen LogP contribution is -2.09. The average Bonchev–Trinajstić information content (AvgIpc) is 2.95. The minimum atomic E-state index is -0.557. The summed E-state index contributed by atoms with van der Waals surface area (Å²) in [6.07, 6.45) is 5.40. The van der Waals surface area contributed by atoms with Crippen molar-refractivity contribution in [1.29, 1.82) is 0 Å². The van der Waals surface area contributed by atoms with E-state index in [1.54, 1.807) is 10.6 Å². The summed E-state index contributed by atoms with van der Waals surface area (Å²) in [6.45, 7) is 6.01. The molecule has 1 aromatic heterocycles. The third-order valence-electron chi connectivity index (χ3n) is 4.63. The van der Waals surface area contributed by atoms with Gasteiger partial charge in [0.15, 0.2) is 12.3 Å². The van der Waals surface area contributed by atoms with Crippen LogP contribution in [0, 0.1) is 19.3 Å². The lowest BCUT2D eigenvalue weighted by atomic mass is 10.0. The second-order valence-corrected chi connectivity index (χ2v) is 8.12. The van der Waals surface area contributed by atoms with Gasteiger partial charge in [0.2, 0.25) is 5.88 Å². The molecular formula is C23H22BrN3O3. The fourth-order valence-corrected chi connectivity index (χ4v) is 3.52. The zero-order valence-electron chi connectivity index (χ0n) is 17.0. The van der Waals surface area contributed by atoms with E-state index in [0.717, 1.165) is 15.6 Å². The number of rotatable bonds is 6. The smallest absolute Gasteiger partial charge is 0.302 e. The molecule has 6 nitrogen and oxygen atoms in total. The van der Waals surface area contributed by atoms with Crippen molar-refractivity contribution in [3.8, 4) is 24.0 Å². The number of aromatic nitrogens is 1. The predicted octanol–water partition coefficient (Wildman–Crippen LogP) is 5.86. The van der Waals surface area contributed by atoms with Crippen LogP contribution in [-0.4, -0.2) is 22.2 Å². The first-order valence-corrected chi connectivity index (χ1v) is 10.2. The first-order valence-electron chi connectivity index (χ1n) is 9.44. The quantitative estimate of drug-likeness (QED) is 0.364. The van der Waals surface area contributed by atoms with E-state index in [2.05, 4.69) is 45.9 Å². The molecule has 0 aliphatic rings. The number of carbonyl (C=O) groups is 1. The van der Waals surface area contributed by atoms with Gasteiger partial charge in [-0.3, -0.25) is 9.36 Å². The number of amides is 1. The molecule has 1 N–H and O–H groups in total. The highest BCUT2D eigenvalue weighted by atomic mass is 79.9. The molecular weight excluding hydrogens is 446 g/mol. The van der Waals surface area contributed by atoms with Crippen LogP contribution < -0.4 is 4.74 Å². The van der Waals surface area contributed by atoms with Crippen LogP contribution in [-0.2, 0) is 11.3 Å². The largest absolute Gasteiger partial charge is 0.493 e. The van der Waals surface area contributed by atoms with Gasteiger partial charge in [-0.1, -0.05) is 47.8 Å². The summed E-state index contributed by atoms with van der Waals surface area (Å²) in [6, 6.07) is 11.3. The van der Waals surface area contributed by atoms with E-state index >= 15 is 0 Å². The molecule has 2 aromatic carbocycles. The fourth-order valence-electron chi connectivity index (χ4n) is 3.16. The third-order valence-corrected chi connectivity index (χ3v) is 5.12. The van der Waals surface area contributed by atoms with Gasteiger partial charge in [0.1, 0.15) is 5.75 Å². The van der Waals surface area contributed by atoms with Gasteiger partial charge in [-0.2, -0.15) is 0 Å². The van der Waals surface area contributed by atoms with Crippen molar-refractivity contribution in [2.45, 2.75) is 33.2 Å². The molecule has 0 aliphatic carbocycles. The normalized spacial score (nSPS) is 11.3. The van der Waals surface area contributed by atoms with E-state index < -0.39 is 5.91 Å². The summed E-state index contributed by atoms with van der Waals surface area (Å²) in [7, 11) is 0. The molecule has 154 valence electrons. The van der Waals surface area contributed by atoms with E-state index in [4.69, 9.17) is 11.2 Å². The maximum Gasteiger partial charge on any atom is 0.302 e. The van der Waals surface area contributed by atoms with E-state index in [9.17, 15) is 9.90 Å². The predicted molar refractivity (Wildman–Crippen MR) is 120 cm³/mol. The van der Waals surface area contributed by atoms with Gasteiger partial charge in [-0.05, 0) is 48.2 Å². The Morgan fingerprint density at radius 1 is 1.30 bits per heavy atom. The highest BCUT2D eigenvalue weighted by Crippen LogP contribution is 2.40. The minimum Gasteiger partial charge on any atom is -0.493 e. The maximum absolute atomic E-state index is 12.3. The summed E-state index contributed by atoms with van der Waals surface area (Å²) in [5.41, 5.74) is 2.95. The summed E-state index contributed by atoms with van der Waals surface area (Å²) in [4.78, 5) is 12.3. The molecule has 3 aromatic rings. The molecule has 3 rings (SSSR count). The number of hydrogen-bond donors (Lipinski definition) is 1. The number of aromatic hydroxyl groups is 1. The topological polar surface area (TPSA) is 76.2 Å². The van der Waals surface area contributed by atoms with Gasteiger partial charge < -0.3 is 9.84 Å². The Labute approximate surface area is 183 Å². The molecule has 0 unspecified atom stereocenters. The third kappa shape index (κ3) is 4.55. The Morgan fingerprint density at radius 3 is 2.77 bits per heavy atom. The Hall–Kier alpha value is -3.11. The van der Waals surface area contributed by atoms with Crippen molar-refractivity contribution >= 4 is 38.4 Å². The number of halogens is 1. The van der Waals surface area contributed by atoms with Crippen LogP contribution in [0.5, 0.6) is 11.6 Å². The Balaban J connectivity index is 1.83.